The normalized spacial score (nSPS) is 10.4. The molecule has 18 heavy (non-hydrogen) atoms. The molecule has 2 rings (SSSR count). The average Bonchev–Trinajstić information content (AvgIpc) is 2.75. The van der Waals surface area contributed by atoms with Gasteiger partial charge in [0.15, 0.2) is 5.82 Å². The predicted molar refractivity (Wildman–Crippen MR) is 64.0 cm³/mol. The number of benzene rings is 1. The Hall–Kier alpha value is -2.37. The summed E-state index contributed by atoms with van der Waals surface area (Å²) < 4.78 is 19.7. The first-order valence-electron chi connectivity index (χ1n) is 5.23. The zero-order valence-corrected chi connectivity index (χ0v) is 9.98. The topological polar surface area (TPSA) is 70.1 Å². The smallest absolute Gasteiger partial charge is 0.340 e. The number of nitrogens with zero attached hydrogens (tertiary/aromatic N) is 2. The fourth-order valence-corrected chi connectivity index (χ4v) is 1.59. The number of hydrogen-bond acceptors (Lipinski definition) is 4. The van der Waals surface area contributed by atoms with Crippen LogP contribution >= 0.6 is 0 Å². The largest absolute Gasteiger partial charge is 0.465 e. The molecule has 94 valence electrons. The molecule has 5 nitrogen and oxygen atoms in total. The van der Waals surface area contributed by atoms with Crippen LogP contribution in [0.5, 0.6) is 0 Å². The van der Waals surface area contributed by atoms with Crippen molar-refractivity contribution in [3.8, 4) is 5.69 Å². The average molecular weight is 249 g/mol. The number of carbonyl (C=O) groups is 1. The van der Waals surface area contributed by atoms with E-state index in [9.17, 15) is 9.18 Å². The fourth-order valence-electron chi connectivity index (χ4n) is 1.59. The van der Waals surface area contributed by atoms with Crippen LogP contribution in [-0.4, -0.2) is 22.9 Å². The maximum Gasteiger partial charge on any atom is 0.340 e. The lowest BCUT2D eigenvalue weighted by Crippen LogP contribution is -2.09. The Balaban J connectivity index is 2.58. The highest BCUT2D eigenvalue weighted by Gasteiger charge is 2.16. The van der Waals surface area contributed by atoms with Crippen LogP contribution in [0.1, 0.15) is 16.1 Å². The second-order valence-electron chi connectivity index (χ2n) is 3.78. The van der Waals surface area contributed by atoms with Crippen molar-refractivity contribution in [1.29, 1.82) is 0 Å². The molecule has 0 fully saturated rings. The highest BCUT2D eigenvalue weighted by Crippen LogP contribution is 2.21. The minimum absolute atomic E-state index is 0.0342. The molecule has 1 heterocycles. The van der Waals surface area contributed by atoms with Gasteiger partial charge in [-0.3, -0.25) is 0 Å². The molecular formula is C12H12FN3O2. The van der Waals surface area contributed by atoms with Crippen molar-refractivity contribution in [2.75, 3.05) is 12.8 Å². The number of ether oxygens (including phenoxy) is 1. The van der Waals surface area contributed by atoms with Crippen molar-refractivity contribution in [1.82, 2.24) is 9.78 Å². The van der Waals surface area contributed by atoms with Gasteiger partial charge in [-0.15, -0.1) is 0 Å². The van der Waals surface area contributed by atoms with Crippen molar-refractivity contribution >= 4 is 11.7 Å². The second-order valence-corrected chi connectivity index (χ2v) is 3.78. The first kappa shape index (κ1) is 12.1. The molecule has 0 aliphatic heterocycles. The molecule has 6 heteroatoms. The van der Waals surface area contributed by atoms with Crippen LogP contribution in [0.2, 0.25) is 0 Å². The first-order valence-corrected chi connectivity index (χ1v) is 5.23. The number of nitrogen functional groups attached to an aromatic ring is 1. The highest BCUT2D eigenvalue weighted by molar-refractivity contribution is 5.95. The van der Waals surface area contributed by atoms with Gasteiger partial charge in [0.1, 0.15) is 5.69 Å². The van der Waals surface area contributed by atoms with E-state index in [2.05, 4.69) is 9.84 Å². The lowest BCUT2D eigenvalue weighted by molar-refractivity contribution is 0.0602. The summed E-state index contributed by atoms with van der Waals surface area (Å²) in [7, 11) is 1.24. The maximum atomic E-state index is 13.8. The molecule has 0 saturated heterocycles. The summed E-state index contributed by atoms with van der Waals surface area (Å²) in [4.78, 5) is 11.5. The Morgan fingerprint density at radius 1 is 1.50 bits per heavy atom. The molecule has 0 unspecified atom stereocenters. The Kier molecular flexibility index (Phi) is 3.01. The highest BCUT2D eigenvalue weighted by atomic mass is 19.1. The van der Waals surface area contributed by atoms with Crippen LogP contribution < -0.4 is 5.73 Å². The van der Waals surface area contributed by atoms with Crippen molar-refractivity contribution in [3.05, 3.63) is 41.5 Å². The number of anilines is 1. The van der Waals surface area contributed by atoms with E-state index in [1.54, 1.807) is 19.2 Å². The third-order valence-corrected chi connectivity index (χ3v) is 2.49. The third-order valence-electron chi connectivity index (χ3n) is 2.49. The predicted octanol–water partition coefficient (Wildman–Crippen LogP) is 1.69. The van der Waals surface area contributed by atoms with Crippen LogP contribution in [-0.2, 0) is 4.74 Å². The molecule has 0 amide bonds. The second kappa shape index (κ2) is 4.48. The number of carbonyl (C=O) groups excluding carboxylic acids is 1. The molecule has 1 aromatic heterocycles. The maximum absolute atomic E-state index is 13.8. The molecular weight excluding hydrogens is 237 g/mol. The first-order chi connectivity index (χ1) is 8.52. The number of aryl methyl sites for hydroxylation is 1. The van der Waals surface area contributed by atoms with E-state index >= 15 is 0 Å². The molecule has 2 N–H and O–H groups in total. The van der Waals surface area contributed by atoms with Gasteiger partial charge < -0.3 is 10.5 Å². The molecule has 0 aliphatic carbocycles. The van der Waals surface area contributed by atoms with Crippen molar-refractivity contribution in [2.45, 2.75) is 6.92 Å². The Morgan fingerprint density at radius 2 is 2.22 bits per heavy atom. The van der Waals surface area contributed by atoms with Gasteiger partial charge in [-0.05, 0) is 25.1 Å². The number of nitrogens with two attached hydrogens (primary N) is 1. The monoisotopic (exact) mass is 249 g/mol. The van der Waals surface area contributed by atoms with E-state index in [1.165, 1.54) is 17.9 Å². The molecule has 0 aliphatic rings. The zero-order chi connectivity index (χ0) is 13.3. The van der Waals surface area contributed by atoms with E-state index in [4.69, 9.17) is 5.73 Å². The van der Waals surface area contributed by atoms with E-state index in [0.717, 1.165) is 11.8 Å². The van der Waals surface area contributed by atoms with Crippen LogP contribution in [0.4, 0.5) is 10.1 Å². The van der Waals surface area contributed by atoms with Gasteiger partial charge in [0.05, 0.1) is 18.4 Å². The van der Waals surface area contributed by atoms with Gasteiger partial charge in [-0.25, -0.2) is 13.9 Å². The van der Waals surface area contributed by atoms with Gasteiger partial charge >= 0.3 is 5.97 Å². The summed E-state index contributed by atoms with van der Waals surface area (Å²) in [6.45, 7) is 1.78. The van der Waals surface area contributed by atoms with E-state index in [1.807, 2.05) is 0 Å². The van der Waals surface area contributed by atoms with Gasteiger partial charge in [-0.1, -0.05) is 0 Å². The van der Waals surface area contributed by atoms with Crippen LogP contribution in [0, 0.1) is 12.7 Å². The number of halogens is 1. The quantitative estimate of drug-likeness (QED) is 0.649. The number of esters is 1. The molecule has 0 atom stereocenters. The molecule has 1 aromatic carbocycles. The summed E-state index contributed by atoms with van der Waals surface area (Å²) in [5.74, 6) is -1.17. The lowest BCUT2D eigenvalue weighted by Gasteiger charge is -2.08. The summed E-state index contributed by atoms with van der Waals surface area (Å²) in [5.41, 5.74) is 6.62. The molecule has 0 radical (unpaired) electrons. The summed E-state index contributed by atoms with van der Waals surface area (Å²) in [6.07, 6.45) is 1.60. The Labute approximate surface area is 103 Å². The SMILES string of the molecule is COC(=O)c1cc(-n2ccc(C)n2)c(F)cc1N. The molecule has 0 spiro atoms. The van der Waals surface area contributed by atoms with Crippen molar-refractivity contribution in [3.63, 3.8) is 0 Å². The minimum Gasteiger partial charge on any atom is -0.465 e. The Bertz CT molecular complexity index is 607. The van der Waals surface area contributed by atoms with E-state index < -0.39 is 11.8 Å². The van der Waals surface area contributed by atoms with Crippen LogP contribution in [0.15, 0.2) is 24.4 Å². The molecule has 0 bridgehead atoms. The number of rotatable bonds is 2. The number of aromatic nitrogens is 2. The summed E-state index contributed by atoms with van der Waals surface area (Å²) >= 11 is 0. The standard InChI is InChI=1S/C12H12FN3O2/c1-7-3-4-16(15-7)11-5-8(12(17)18-2)10(14)6-9(11)13/h3-6H,14H2,1-2H3. The van der Waals surface area contributed by atoms with Gasteiger partial charge in [0.25, 0.3) is 0 Å². The van der Waals surface area contributed by atoms with Gasteiger partial charge in [0, 0.05) is 11.9 Å². The fraction of sp³-hybridized carbons (Fsp3) is 0.167. The van der Waals surface area contributed by atoms with E-state index in [-0.39, 0.29) is 16.9 Å². The van der Waals surface area contributed by atoms with Crippen molar-refractivity contribution in [2.24, 2.45) is 0 Å². The number of hydrogen-bond donors (Lipinski definition) is 1. The Morgan fingerprint density at radius 3 is 2.78 bits per heavy atom. The van der Waals surface area contributed by atoms with Gasteiger partial charge in [-0.2, -0.15) is 5.10 Å². The number of methoxy groups -OCH3 is 1. The zero-order valence-electron chi connectivity index (χ0n) is 9.98. The molecule has 2 aromatic rings. The lowest BCUT2D eigenvalue weighted by atomic mass is 10.1. The minimum atomic E-state index is -0.613. The summed E-state index contributed by atoms with van der Waals surface area (Å²) in [6, 6.07) is 4.13. The van der Waals surface area contributed by atoms with Crippen LogP contribution in [0.25, 0.3) is 5.69 Å². The molecule has 0 saturated carbocycles. The van der Waals surface area contributed by atoms with Crippen molar-refractivity contribution < 1.29 is 13.9 Å². The summed E-state index contributed by atoms with van der Waals surface area (Å²) in [5, 5.41) is 4.08. The van der Waals surface area contributed by atoms with Gasteiger partial charge in [0.2, 0.25) is 0 Å². The third kappa shape index (κ3) is 2.04. The van der Waals surface area contributed by atoms with Crippen LogP contribution in [0.3, 0.4) is 0 Å². The van der Waals surface area contributed by atoms with E-state index in [0.29, 0.717) is 0 Å².